The maximum Gasteiger partial charge on any atom is 0.246 e. The first-order valence-corrected chi connectivity index (χ1v) is 14.4. The Morgan fingerprint density at radius 1 is 0.775 bits per heavy atom. The number of nitrogens with one attached hydrogen (secondary N) is 4. The SMILES string of the molecule is CCC(NC)C(=O)NC(CC#CCC(NC(=O)C(CC)NC)C(=O)N1CCCC1C(N)=O)C(=O)N1CCCC1C. The van der Waals surface area contributed by atoms with Crippen molar-refractivity contribution >= 4 is 29.5 Å². The summed E-state index contributed by atoms with van der Waals surface area (Å²) in [7, 11) is 3.36. The van der Waals surface area contributed by atoms with Gasteiger partial charge in [-0.15, -0.1) is 11.8 Å². The summed E-state index contributed by atoms with van der Waals surface area (Å²) in [5.41, 5.74) is 5.51. The van der Waals surface area contributed by atoms with Crippen molar-refractivity contribution in [3.8, 4) is 11.8 Å². The minimum Gasteiger partial charge on any atom is -0.368 e. The zero-order chi connectivity index (χ0) is 29.8. The van der Waals surface area contributed by atoms with Gasteiger partial charge in [0.05, 0.1) is 12.1 Å². The number of likely N-dealkylation sites (N-methyl/N-ethyl adjacent to an activating group) is 2. The van der Waals surface area contributed by atoms with Gasteiger partial charge in [-0.05, 0) is 59.5 Å². The van der Waals surface area contributed by atoms with Crippen LogP contribution in [0.2, 0.25) is 0 Å². The summed E-state index contributed by atoms with van der Waals surface area (Å²) in [6.07, 6.45) is 4.06. The largest absolute Gasteiger partial charge is 0.368 e. The fourth-order valence-electron chi connectivity index (χ4n) is 5.32. The van der Waals surface area contributed by atoms with Crippen molar-refractivity contribution in [2.45, 2.75) is 108 Å². The lowest BCUT2D eigenvalue weighted by Crippen LogP contribution is -2.55. The molecule has 0 bridgehead atoms. The smallest absolute Gasteiger partial charge is 0.246 e. The lowest BCUT2D eigenvalue weighted by molar-refractivity contribution is -0.140. The number of carbonyl (C=O) groups is 5. The molecule has 40 heavy (non-hydrogen) atoms. The Morgan fingerprint density at radius 3 is 1.62 bits per heavy atom. The summed E-state index contributed by atoms with van der Waals surface area (Å²) in [4.78, 5) is 67.5. The molecule has 0 aliphatic carbocycles. The van der Waals surface area contributed by atoms with Crippen LogP contribution in [0.25, 0.3) is 0 Å². The molecule has 2 fully saturated rings. The minimum absolute atomic E-state index is 0.0181. The van der Waals surface area contributed by atoms with Crippen molar-refractivity contribution in [2.75, 3.05) is 27.2 Å². The normalized spacial score (nSPS) is 21.5. The van der Waals surface area contributed by atoms with E-state index in [9.17, 15) is 24.0 Å². The molecule has 2 aliphatic heterocycles. The van der Waals surface area contributed by atoms with E-state index in [-0.39, 0.29) is 36.6 Å². The van der Waals surface area contributed by atoms with Gasteiger partial charge in [-0.25, -0.2) is 0 Å². The third kappa shape index (κ3) is 8.66. The average Bonchev–Trinajstić information content (AvgIpc) is 3.59. The van der Waals surface area contributed by atoms with Gasteiger partial charge in [0.15, 0.2) is 0 Å². The number of amides is 5. The van der Waals surface area contributed by atoms with Gasteiger partial charge in [0.25, 0.3) is 0 Å². The Morgan fingerprint density at radius 2 is 1.23 bits per heavy atom. The van der Waals surface area contributed by atoms with Gasteiger partial charge in [0, 0.05) is 32.0 Å². The number of nitrogens with zero attached hydrogens (tertiary/aromatic N) is 2. The van der Waals surface area contributed by atoms with Crippen molar-refractivity contribution < 1.29 is 24.0 Å². The molecule has 2 saturated heterocycles. The Kier molecular flexibility index (Phi) is 13.4. The molecule has 224 valence electrons. The fourth-order valence-corrected chi connectivity index (χ4v) is 5.32. The van der Waals surface area contributed by atoms with Crippen molar-refractivity contribution in [1.29, 1.82) is 0 Å². The highest BCUT2D eigenvalue weighted by Crippen LogP contribution is 2.20. The standard InChI is InChI=1S/C28H47N7O5/c1-6-19(30-4)25(37)32-21(27(39)34-16-10-12-18(34)3)13-8-9-14-22(33-26(38)20(7-2)31-5)28(40)35-17-11-15-23(35)24(29)36/h18-23,30-31H,6-7,10-17H2,1-5H3,(H2,29,36)(H,32,37)(H,33,38). The van der Waals surface area contributed by atoms with Crippen LogP contribution in [0.5, 0.6) is 0 Å². The van der Waals surface area contributed by atoms with Gasteiger partial charge in [-0.3, -0.25) is 24.0 Å². The van der Waals surface area contributed by atoms with E-state index in [2.05, 4.69) is 33.1 Å². The second-order valence-corrected chi connectivity index (χ2v) is 10.5. The summed E-state index contributed by atoms with van der Waals surface area (Å²) in [6, 6.07) is -3.39. The molecule has 2 rings (SSSR count). The molecule has 0 aromatic carbocycles. The van der Waals surface area contributed by atoms with Crippen LogP contribution in [-0.2, 0) is 24.0 Å². The first-order chi connectivity index (χ1) is 19.1. The summed E-state index contributed by atoms with van der Waals surface area (Å²) in [5, 5.41) is 11.5. The van der Waals surface area contributed by atoms with Crippen LogP contribution in [0.3, 0.4) is 0 Å². The molecule has 0 aromatic rings. The highest BCUT2D eigenvalue weighted by molar-refractivity contribution is 5.93. The van der Waals surface area contributed by atoms with E-state index < -0.39 is 42.0 Å². The number of carbonyl (C=O) groups excluding carboxylic acids is 5. The van der Waals surface area contributed by atoms with Crippen molar-refractivity contribution in [3.05, 3.63) is 0 Å². The monoisotopic (exact) mass is 561 g/mol. The van der Waals surface area contributed by atoms with Crippen molar-refractivity contribution in [2.24, 2.45) is 5.73 Å². The molecule has 12 heteroatoms. The predicted molar refractivity (Wildman–Crippen MR) is 151 cm³/mol. The highest BCUT2D eigenvalue weighted by Gasteiger charge is 2.37. The molecule has 0 saturated carbocycles. The molecular weight excluding hydrogens is 514 g/mol. The van der Waals surface area contributed by atoms with Gasteiger partial charge < -0.3 is 36.8 Å². The molecular formula is C28H47N7O5. The maximum absolute atomic E-state index is 13.4. The molecule has 2 heterocycles. The first-order valence-electron chi connectivity index (χ1n) is 14.4. The molecule has 5 amide bonds. The summed E-state index contributed by atoms with van der Waals surface area (Å²) in [5.74, 6) is 4.11. The number of likely N-dealkylation sites (tertiary alicyclic amines) is 2. The fraction of sp³-hybridized carbons (Fsp3) is 0.750. The van der Waals surface area contributed by atoms with Crippen LogP contribution in [0, 0.1) is 11.8 Å². The van der Waals surface area contributed by atoms with Gasteiger partial charge >= 0.3 is 0 Å². The van der Waals surface area contributed by atoms with E-state index in [1.807, 2.05) is 20.8 Å². The van der Waals surface area contributed by atoms with Gasteiger partial charge in [0.2, 0.25) is 29.5 Å². The van der Waals surface area contributed by atoms with Crippen LogP contribution < -0.4 is 27.0 Å². The molecule has 6 atom stereocenters. The molecule has 12 nitrogen and oxygen atoms in total. The minimum atomic E-state index is -0.988. The second-order valence-electron chi connectivity index (χ2n) is 10.5. The summed E-state index contributed by atoms with van der Waals surface area (Å²) >= 11 is 0. The van der Waals surface area contributed by atoms with E-state index in [0.717, 1.165) is 12.8 Å². The lowest BCUT2D eigenvalue weighted by Gasteiger charge is -2.28. The predicted octanol–water partition coefficient (Wildman–Crippen LogP) is -0.777. The van der Waals surface area contributed by atoms with Gasteiger partial charge in [-0.1, -0.05) is 13.8 Å². The van der Waals surface area contributed by atoms with Crippen molar-refractivity contribution in [1.82, 2.24) is 31.1 Å². The zero-order valence-electron chi connectivity index (χ0n) is 24.5. The van der Waals surface area contributed by atoms with E-state index >= 15 is 0 Å². The molecule has 0 aromatic heterocycles. The number of rotatable bonds is 13. The number of primary amides is 1. The summed E-state index contributed by atoms with van der Waals surface area (Å²) < 4.78 is 0. The quantitative estimate of drug-likeness (QED) is 0.184. The van der Waals surface area contributed by atoms with Gasteiger partial charge in [0.1, 0.15) is 18.1 Å². The van der Waals surface area contributed by atoms with E-state index in [1.54, 1.807) is 19.0 Å². The first kappa shape index (κ1) is 33.0. The number of nitrogens with two attached hydrogens (primary N) is 1. The van der Waals surface area contributed by atoms with Crippen LogP contribution in [0.1, 0.15) is 72.1 Å². The molecule has 6 unspecified atom stereocenters. The van der Waals surface area contributed by atoms with Gasteiger partial charge in [-0.2, -0.15) is 0 Å². The van der Waals surface area contributed by atoms with Crippen molar-refractivity contribution in [3.63, 3.8) is 0 Å². The Balaban J connectivity index is 2.22. The summed E-state index contributed by atoms with van der Waals surface area (Å²) in [6.45, 7) is 6.72. The van der Waals surface area contributed by atoms with Crippen LogP contribution >= 0.6 is 0 Å². The number of hydrogen-bond acceptors (Lipinski definition) is 7. The second kappa shape index (κ2) is 16.2. The Bertz CT molecular complexity index is 970. The average molecular weight is 562 g/mol. The van der Waals surface area contributed by atoms with E-state index in [1.165, 1.54) is 4.90 Å². The molecule has 6 N–H and O–H groups in total. The van der Waals surface area contributed by atoms with Crippen LogP contribution in [0.4, 0.5) is 0 Å². The van der Waals surface area contributed by atoms with E-state index in [0.29, 0.717) is 38.8 Å². The van der Waals surface area contributed by atoms with Crippen LogP contribution in [-0.4, -0.2) is 103 Å². The Hall–Kier alpha value is -3.17. The number of hydrogen-bond donors (Lipinski definition) is 5. The third-order valence-electron chi connectivity index (χ3n) is 7.81. The maximum atomic E-state index is 13.4. The lowest BCUT2D eigenvalue weighted by atomic mass is 10.1. The molecule has 0 radical (unpaired) electrons. The topological polar surface area (TPSA) is 166 Å². The Labute approximate surface area is 237 Å². The highest BCUT2D eigenvalue weighted by atomic mass is 16.2. The van der Waals surface area contributed by atoms with E-state index in [4.69, 9.17) is 5.73 Å². The zero-order valence-corrected chi connectivity index (χ0v) is 24.5. The van der Waals surface area contributed by atoms with Crippen LogP contribution in [0.15, 0.2) is 0 Å². The molecule has 2 aliphatic rings. The third-order valence-corrected chi connectivity index (χ3v) is 7.81. The molecule has 0 spiro atoms.